The molecule has 0 heterocycles. The molecule has 8 N–H and O–H groups in total. The Morgan fingerprint density at radius 2 is 1.25 bits per heavy atom. The Bertz CT molecular complexity index is 2200. The van der Waals surface area contributed by atoms with Crippen LogP contribution in [0.5, 0.6) is 0 Å². The fraction of sp³-hybridized carbons (Fsp3) is 0.458. The second-order valence-corrected chi connectivity index (χ2v) is 17.8. The van der Waals surface area contributed by atoms with Gasteiger partial charge in [0.2, 0.25) is 35.4 Å². The van der Waals surface area contributed by atoms with E-state index in [-0.39, 0.29) is 43.1 Å². The van der Waals surface area contributed by atoms with Crippen molar-refractivity contribution in [2.75, 3.05) is 18.5 Å². The predicted octanol–water partition coefficient (Wildman–Crippen LogP) is 3.17. The van der Waals surface area contributed by atoms with Crippen molar-refractivity contribution in [3.8, 4) is 0 Å². The third-order valence-corrected chi connectivity index (χ3v) is 10.3. The number of aryl methyl sites for hydroxylation is 1. The maximum Gasteiger partial charge on any atom is 0.391 e. The highest BCUT2D eigenvalue weighted by atomic mass is 19.4. The fourth-order valence-corrected chi connectivity index (χ4v) is 6.75. The first-order chi connectivity index (χ1) is 31.9. The van der Waals surface area contributed by atoms with E-state index < -0.39 is 103 Å². The van der Waals surface area contributed by atoms with Gasteiger partial charge in [0.15, 0.2) is 0 Å². The van der Waals surface area contributed by atoms with Gasteiger partial charge in [0.1, 0.15) is 36.5 Å². The summed E-state index contributed by atoms with van der Waals surface area (Å²) < 4.78 is 45.2. The van der Waals surface area contributed by atoms with E-state index in [2.05, 4.69) is 31.9 Å². The Hall–Kier alpha value is -6.67. The lowest BCUT2D eigenvalue weighted by atomic mass is 9.85. The van der Waals surface area contributed by atoms with Crippen molar-refractivity contribution in [1.82, 2.24) is 31.9 Å². The number of benzene rings is 3. The number of alkyl halides is 3. The zero-order chi connectivity index (χ0) is 50.8. The number of halogens is 3. The summed E-state index contributed by atoms with van der Waals surface area (Å²) in [6.07, 6.45) is -6.62. The Labute approximate surface area is 393 Å². The number of aliphatic hydroxyl groups excluding tert-OH is 1. The van der Waals surface area contributed by atoms with E-state index in [0.29, 0.717) is 11.3 Å². The molecule has 1 unspecified atom stereocenters. The second-order valence-electron chi connectivity index (χ2n) is 17.8. The third-order valence-electron chi connectivity index (χ3n) is 10.3. The number of aliphatic hydroxyl groups is 1. The van der Waals surface area contributed by atoms with Crippen molar-refractivity contribution < 1.29 is 61.4 Å². The van der Waals surface area contributed by atoms with Gasteiger partial charge in [0.05, 0.1) is 32.3 Å². The van der Waals surface area contributed by atoms with Crippen LogP contribution in [-0.2, 0) is 51.3 Å². The molecule has 0 fully saturated rings. The number of aldehydes is 1. The normalized spacial score (nSPS) is 14.2. The molecule has 3 rings (SSSR count). The maximum atomic E-state index is 14.4. The molecule has 0 aliphatic heterocycles. The number of carbonyl (C=O) groups excluding carboxylic acids is 8. The van der Waals surface area contributed by atoms with Gasteiger partial charge >= 0.3 is 6.18 Å². The fourth-order valence-electron chi connectivity index (χ4n) is 6.75. The molecule has 6 atom stereocenters. The Morgan fingerprint density at radius 3 is 1.81 bits per heavy atom. The molecule has 3 aromatic carbocycles. The van der Waals surface area contributed by atoms with Gasteiger partial charge in [-0.3, -0.25) is 33.6 Å². The molecule has 0 aromatic heterocycles. The first-order valence-electron chi connectivity index (χ1n) is 21.9. The largest absolute Gasteiger partial charge is 0.394 e. The van der Waals surface area contributed by atoms with Crippen LogP contribution >= 0.6 is 0 Å². The summed E-state index contributed by atoms with van der Waals surface area (Å²) in [5.74, 6) is -6.05. The van der Waals surface area contributed by atoms with Crippen molar-refractivity contribution in [3.05, 3.63) is 101 Å². The summed E-state index contributed by atoms with van der Waals surface area (Å²) in [7, 11) is 0. The van der Waals surface area contributed by atoms with E-state index in [9.17, 15) is 56.6 Å². The van der Waals surface area contributed by atoms with E-state index in [0.717, 1.165) is 11.1 Å². The number of rotatable bonds is 24. The van der Waals surface area contributed by atoms with Gasteiger partial charge < -0.3 is 51.9 Å². The van der Waals surface area contributed by atoms with Gasteiger partial charge in [-0.2, -0.15) is 13.2 Å². The van der Waals surface area contributed by atoms with Gasteiger partial charge in [-0.15, -0.1) is 0 Å². The topological polar surface area (TPSA) is 250 Å². The molecule has 0 aliphatic rings. The van der Waals surface area contributed by atoms with Crippen molar-refractivity contribution in [2.45, 2.75) is 117 Å². The highest BCUT2D eigenvalue weighted by molar-refractivity contribution is 6.00. The summed E-state index contributed by atoms with van der Waals surface area (Å²) in [5.41, 5.74) is 1.52. The minimum absolute atomic E-state index is 0.00140. The van der Waals surface area contributed by atoms with E-state index in [1.807, 2.05) is 5.32 Å². The highest BCUT2D eigenvalue weighted by Gasteiger charge is 2.39. The standard InChI is InChI=1S/C48H62F3N7O10/c1-28(2)21-36(42(63)53-35(24-59)23-48(49,50)51)55-46(67)40(47(5,6)7)58-43(64)37(22-33-16-12-11-13-29(33)3)54-45(66)39(27-68-26-31-14-9-8-10-15-31)57-44(65)38(25-60)56-41(62)32-17-19-34(20-18-32)52-30(4)61/h8-20,24,28,35-40,60H,21-23,25-27H2,1-7H3,(H,52,61)(H,53,63)(H,54,66)(H,55,67)(H,56,62)(H,57,65)(H,58,64)/t35?,36-,37-,38-,39+,40+/m0/s1. The highest BCUT2D eigenvalue weighted by Crippen LogP contribution is 2.23. The molecule has 20 heteroatoms. The Morgan fingerprint density at radius 1 is 0.691 bits per heavy atom. The average Bonchev–Trinajstić information content (AvgIpc) is 3.26. The van der Waals surface area contributed by atoms with Crippen LogP contribution in [0.4, 0.5) is 18.9 Å². The van der Waals surface area contributed by atoms with Crippen molar-refractivity contribution >= 4 is 53.3 Å². The molecule has 0 radical (unpaired) electrons. The molecule has 7 amide bonds. The van der Waals surface area contributed by atoms with Gasteiger partial charge in [-0.25, -0.2) is 0 Å². The summed E-state index contributed by atoms with van der Waals surface area (Å²) in [6.45, 7) is 10.0. The molecule has 0 saturated heterocycles. The number of hydrogen-bond donors (Lipinski definition) is 8. The molecule has 0 saturated carbocycles. The monoisotopic (exact) mass is 953 g/mol. The molecular formula is C48H62F3N7O10. The lowest BCUT2D eigenvalue weighted by Gasteiger charge is -2.34. The number of amides is 7. The minimum atomic E-state index is -4.77. The summed E-state index contributed by atoms with van der Waals surface area (Å²) >= 11 is 0. The molecule has 68 heavy (non-hydrogen) atoms. The zero-order valence-corrected chi connectivity index (χ0v) is 39.1. The molecular weight excluding hydrogens is 892 g/mol. The van der Waals surface area contributed by atoms with Crippen LogP contribution in [0.1, 0.15) is 81.4 Å². The quantitative estimate of drug-likeness (QED) is 0.0610. The van der Waals surface area contributed by atoms with Gasteiger partial charge in [0.25, 0.3) is 5.91 Å². The average molecular weight is 954 g/mol. The summed E-state index contributed by atoms with van der Waals surface area (Å²) in [6, 6.07) is 12.3. The lowest BCUT2D eigenvalue weighted by molar-refractivity contribution is -0.147. The van der Waals surface area contributed by atoms with E-state index in [4.69, 9.17) is 4.74 Å². The van der Waals surface area contributed by atoms with Crippen LogP contribution in [0.3, 0.4) is 0 Å². The number of carbonyl (C=O) groups is 8. The smallest absolute Gasteiger partial charge is 0.391 e. The van der Waals surface area contributed by atoms with Crippen LogP contribution in [0, 0.1) is 18.3 Å². The van der Waals surface area contributed by atoms with Crippen LogP contribution in [0.15, 0.2) is 78.9 Å². The predicted molar refractivity (Wildman–Crippen MR) is 245 cm³/mol. The van der Waals surface area contributed by atoms with Gasteiger partial charge in [0, 0.05) is 24.6 Å². The van der Waals surface area contributed by atoms with Crippen molar-refractivity contribution in [1.29, 1.82) is 0 Å². The number of ether oxygens (including phenoxy) is 1. The van der Waals surface area contributed by atoms with Crippen molar-refractivity contribution in [2.24, 2.45) is 11.3 Å². The van der Waals surface area contributed by atoms with Gasteiger partial charge in [-0.05, 0) is 65.6 Å². The molecule has 0 spiro atoms. The number of nitrogens with one attached hydrogen (secondary N) is 7. The van der Waals surface area contributed by atoms with Crippen LogP contribution in [0.25, 0.3) is 0 Å². The summed E-state index contributed by atoms with van der Waals surface area (Å²) in [5, 5.41) is 27.6. The molecule has 370 valence electrons. The Balaban J connectivity index is 1.93. The number of hydrogen-bond acceptors (Lipinski definition) is 10. The number of anilines is 1. The summed E-state index contributed by atoms with van der Waals surface area (Å²) in [4.78, 5) is 106. The lowest BCUT2D eigenvalue weighted by Crippen LogP contribution is -2.62. The van der Waals surface area contributed by atoms with Crippen LogP contribution in [0.2, 0.25) is 0 Å². The Kier molecular flexibility index (Phi) is 21.3. The molecule has 0 aliphatic carbocycles. The second kappa shape index (κ2) is 26.0. The maximum absolute atomic E-state index is 14.4. The van der Waals surface area contributed by atoms with Gasteiger partial charge in [-0.1, -0.05) is 89.2 Å². The molecule has 3 aromatic rings. The van der Waals surface area contributed by atoms with E-state index in [1.54, 1.807) is 96.1 Å². The van der Waals surface area contributed by atoms with Crippen molar-refractivity contribution in [3.63, 3.8) is 0 Å². The first-order valence-corrected chi connectivity index (χ1v) is 21.9. The van der Waals surface area contributed by atoms with Crippen LogP contribution < -0.4 is 37.2 Å². The molecule has 0 bridgehead atoms. The van der Waals surface area contributed by atoms with E-state index >= 15 is 0 Å². The van der Waals surface area contributed by atoms with Crippen LogP contribution in [-0.4, -0.2) is 108 Å². The first kappa shape index (κ1) is 55.7. The molecule has 17 nitrogen and oxygen atoms in total. The van der Waals surface area contributed by atoms with E-state index in [1.165, 1.54) is 31.2 Å². The minimum Gasteiger partial charge on any atom is -0.394 e. The third kappa shape index (κ3) is 18.9. The zero-order valence-electron chi connectivity index (χ0n) is 39.1. The SMILES string of the molecule is CC(=O)Nc1ccc(C(=O)N[C@@H](CO)C(=O)N[C@H](COCc2ccccc2)C(=O)N[C@@H](Cc2ccccc2C)C(=O)N[C@H](C(=O)N[C@@H](CC(C)C)C(=O)NC(C=O)CC(F)(F)F)C(C)(C)C)cc1.